The van der Waals surface area contributed by atoms with Crippen molar-refractivity contribution in [2.24, 2.45) is 5.92 Å². The molecule has 0 spiro atoms. The van der Waals surface area contributed by atoms with E-state index in [2.05, 4.69) is 46.8 Å². The van der Waals surface area contributed by atoms with Gasteiger partial charge >= 0.3 is 0 Å². The first-order valence-electron chi connectivity index (χ1n) is 12.2. The first-order valence-corrected chi connectivity index (χ1v) is 12.2. The number of aromatic nitrogens is 2. The van der Waals surface area contributed by atoms with Crippen LogP contribution in [0.15, 0.2) is 79.0 Å². The lowest BCUT2D eigenvalue weighted by molar-refractivity contribution is 0.0940. The van der Waals surface area contributed by atoms with Gasteiger partial charge in [0.1, 0.15) is 17.1 Å². The van der Waals surface area contributed by atoms with Crippen LogP contribution in [0, 0.1) is 12.8 Å². The summed E-state index contributed by atoms with van der Waals surface area (Å²) in [5, 5.41) is 7.93. The molecule has 36 heavy (non-hydrogen) atoms. The Balaban J connectivity index is 0.00000304. The Bertz CT molecular complexity index is 1310. The molecule has 1 amide bonds. The second-order valence-corrected chi connectivity index (χ2v) is 9.18. The van der Waals surface area contributed by atoms with Gasteiger partial charge in [0.2, 0.25) is 5.88 Å². The number of carbonyl (C=O) groups excluding carboxylic acids is 1. The molecular weight excluding hydrogens is 472 g/mol. The number of amides is 1. The van der Waals surface area contributed by atoms with Gasteiger partial charge in [-0.3, -0.25) is 4.79 Å². The van der Waals surface area contributed by atoms with E-state index in [1.165, 1.54) is 10.9 Å². The highest BCUT2D eigenvalue weighted by atomic mass is 35.5. The lowest BCUT2D eigenvalue weighted by Crippen LogP contribution is -2.34. The van der Waals surface area contributed by atoms with E-state index >= 15 is 0 Å². The van der Waals surface area contributed by atoms with E-state index in [1.54, 1.807) is 18.3 Å². The minimum Gasteiger partial charge on any atom is -0.438 e. The highest BCUT2D eigenvalue weighted by molar-refractivity contribution is 5.96. The molecule has 1 aliphatic carbocycles. The van der Waals surface area contributed by atoms with Crippen molar-refractivity contribution in [1.29, 1.82) is 0 Å². The zero-order chi connectivity index (χ0) is 24.0. The van der Waals surface area contributed by atoms with E-state index in [0.29, 0.717) is 35.7 Å². The van der Waals surface area contributed by atoms with Crippen LogP contribution in [0.25, 0.3) is 10.9 Å². The van der Waals surface area contributed by atoms with E-state index in [1.807, 2.05) is 36.4 Å². The van der Waals surface area contributed by atoms with Crippen molar-refractivity contribution in [1.82, 2.24) is 15.3 Å². The molecule has 186 valence electrons. The van der Waals surface area contributed by atoms with Crippen LogP contribution in [-0.2, 0) is 0 Å². The van der Waals surface area contributed by atoms with Crippen molar-refractivity contribution in [3.8, 4) is 11.6 Å². The fraction of sp³-hybridized carbons (Fsp3) is 0.276. The van der Waals surface area contributed by atoms with Crippen molar-refractivity contribution >= 4 is 35.0 Å². The summed E-state index contributed by atoms with van der Waals surface area (Å²) in [5.74, 6) is 2.23. The molecule has 6 nitrogen and oxygen atoms in total. The first kappa shape index (κ1) is 25.5. The highest BCUT2D eigenvalue weighted by Gasteiger charge is 2.23. The third kappa shape index (κ3) is 6.13. The van der Waals surface area contributed by atoms with Gasteiger partial charge in [-0.15, -0.1) is 12.4 Å². The molecule has 7 heteroatoms. The lowest BCUT2D eigenvalue weighted by atomic mass is 9.86. The van der Waals surface area contributed by atoms with Gasteiger partial charge in [-0.1, -0.05) is 36.4 Å². The van der Waals surface area contributed by atoms with Crippen LogP contribution in [-0.4, -0.2) is 28.5 Å². The summed E-state index contributed by atoms with van der Waals surface area (Å²) in [6, 6.07) is 23.7. The topological polar surface area (TPSA) is 76.1 Å². The van der Waals surface area contributed by atoms with Crippen LogP contribution >= 0.6 is 12.4 Å². The van der Waals surface area contributed by atoms with Crippen molar-refractivity contribution in [2.75, 3.05) is 11.9 Å². The maximum Gasteiger partial charge on any atom is 0.256 e. The van der Waals surface area contributed by atoms with Gasteiger partial charge < -0.3 is 15.4 Å². The predicted octanol–water partition coefficient (Wildman–Crippen LogP) is 6.55. The molecule has 5 rings (SSSR count). The Morgan fingerprint density at radius 2 is 1.72 bits per heavy atom. The van der Waals surface area contributed by atoms with Gasteiger partial charge in [0.25, 0.3) is 5.91 Å². The van der Waals surface area contributed by atoms with E-state index in [0.717, 1.165) is 37.0 Å². The van der Waals surface area contributed by atoms with Crippen LogP contribution in [0.4, 0.5) is 5.82 Å². The largest absolute Gasteiger partial charge is 0.438 e. The number of pyridine rings is 2. The van der Waals surface area contributed by atoms with E-state index in [9.17, 15) is 4.79 Å². The Kier molecular flexibility index (Phi) is 8.39. The molecule has 1 saturated carbocycles. The summed E-state index contributed by atoms with van der Waals surface area (Å²) in [6.45, 7) is 2.78. The molecule has 0 radical (unpaired) electrons. The number of benzene rings is 2. The molecule has 2 aromatic carbocycles. The fourth-order valence-corrected chi connectivity index (χ4v) is 4.72. The van der Waals surface area contributed by atoms with Crippen LogP contribution in [0.3, 0.4) is 0 Å². The van der Waals surface area contributed by atoms with Crippen molar-refractivity contribution in [3.05, 3.63) is 90.1 Å². The van der Waals surface area contributed by atoms with Crippen LogP contribution in [0.5, 0.6) is 11.6 Å². The Labute approximate surface area is 217 Å². The molecule has 2 heterocycles. The van der Waals surface area contributed by atoms with Crippen molar-refractivity contribution in [3.63, 3.8) is 0 Å². The van der Waals surface area contributed by atoms with Crippen LogP contribution in [0.1, 0.15) is 41.6 Å². The molecule has 2 aromatic heterocycles. The third-order valence-electron chi connectivity index (χ3n) is 6.65. The SMILES string of the molecule is Cc1cc(NC2CCC(CNC(=O)c3cccnc3Oc3ccccc3)CC2)nc2ccccc12.Cl. The third-order valence-corrected chi connectivity index (χ3v) is 6.65. The first-order chi connectivity index (χ1) is 17.2. The number of aryl methyl sites for hydroxylation is 1. The highest BCUT2D eigenvalue weighted by Crippen LogP contribution is 2.28. The fourth-order valence-electron chi connectivity index (χ4n) is 4.72. The molecule has 0 bridgehead atoms. The zero-order valence-electron chi connectivity index (χ0n) is 20.3. The number of ether oxygens (including phenoxy) is 1. The summed E-state index contributed by atoms with van der Waals surface area (Å²) < 4.78 is 5.84. The van der Waals surface area contributed by atoms with Gasteiger partial charge in [-0.25, -0.2) is 9.97 Å². The predicted molar refractivity (Wildman–Crippen MR) is 146 cm³/mol. The number of nitrogens with zero attached hydrogens (tertiary/aromatic N) is 2. The smallest absolute Gasteiger partial charge is 0.256 e. The van der Waals surface area contributed by atoms with Crippen LogP contribution < -0.4 is 15.4 Å². The number of para-hydroxylation sites is 2. The van der Waals surface area contributed by atoms with Gasteiger partial charge in [-0.2, -0.15) is 0 Å². The molecular formula is C29H31ClN4O2. The molecule has 4 aromatic rings. The number of halogens is 1. The minimum atomic E-state index is -0.153. The van der Waals surface area contributed by atoms with E-state index < -0.39 is 0 Å². The van der Waals surface area contributed by atoms with Crippen molar-refractivity contribution < 1.29 is 9.53 Å². The standard InChI is InChI=1S/C29H30N4O2.ClH/c1-20-18-27(33-26-12-6-5-10-24(20)26)32-22-15-13-21(14-16-22)19-31-28(34)25-11-7-17-30-29(25)35-23-8-3-2-4-9-23;/h2-12,17-18,21-22H,13-16,19H2,1H3,(H,31,34)(H,32,33);1H. The maximum atomic E-state index is 12.9. The maximum absolute atomic E-state index is 12.9. The van der Waals surface area contributed by atoms with Gasteiger partial charge in [-0.05, 0) is 80.5 Å². The minimum absolute atomic E-state index is 0. The monoisotopic (exact) mass is 502 g/mol. The Morgan fingerprint density at radius 1 is 0.972 bits per heavy atom. The van der Waals surface area contributed by atoms with Gasteiger partial charge in [0.15, 0.2) is 0 Å². The summed E-state index contributed by atoms with van der Waals surface area (Å²) in [7, 11) is 0. The number of anilines is 1. The molecule has 2 N–H and O–H groups in total. The lowest BCUT2D eigenvalue weighted by Gasteiger charge is -2.29. The molecule has 1 aliphatic rings. The number of rotatable bonds is 7. The van der Waals surface area contributed by atoms with E-state index in [4.69, 9.17) is 9.72 Å². The number of hydrogen-bond donors (Lipinski definition) is 2. The Hall–Kier alpha value is -3.64. The summed E-state index contributed by atoms with van der Waals surface area (Å²) in [4.78, 5) is 22.0. The second-order valence-electron chi connectivity index (χ2n) is 9.18. The average molecular weight is 503 g/mol. The number of carbonyl (C=O) groups is 1. The average Bonchev–Trinajstić information content (AvgIpc) is 2.89. The second kappa shape index (κ2) is 11.9. The summed E-state index contributed by atoms with van der Waals surface area (Å²) in [6.07, 6.45) is 5.87. The quantitative estimate of drug-likeness (QED) is 0.299. The van der Waals surface area contributed by atoms with Gasteiger partial charge in [0, 0.05) is 24.2 Å². The molecule has 0 aliphatic heterocycles. The Morgan fingerprint density at radius 3 is 2.53 bits per heavy atom. The molecule has 0 unspecified atom stereocenters. The number of fused-ring (bicyclic) bond motifs is 1. The number of hydrogen-bond acceptors (Lipinski definition) is 5. The van der Waals surface area contributed by atoms with E-state index in [-0.39, 0.29) is 18.3 Å². The van der Waals surface area contributed by atoms with Gasteiger partial charge in [0.05, 0.1) is 5.52 Å². The summed E-state index contributed by atoms with van der Waals surface area (Å²) in [5.41, 5.74) is 2.71. The van der Waals surface area contributed by atoms with Crippen molar-refractivity contribution in [2.45, 2.75) is 38.6 Å². The molecule has 0 saturated heterocycles. The molecule has 0 atom stereocenters. The van der Waals surface area contributed by atoms with Crippen LogP contribution in [0.2, 0.25) is 0 Å². The summed E-state index contributed by atoms with van der Waals surface area (Å²) >= 11 is 0. The normalized spacial score (nSPS) is 17.1. The zero-order valence-corrected chi connectivity index (χ0v) is 21.1. The number of nitrogens with one attached hydrogen (secondary N) is 2. The molecule has 1 fully saturated rings.